The van der Waals surface area contributed by atoms with Crippen molar-refractivity contribution < 1.29 is 9.53 Å². The number of rotatable bonds is 3. The minimum absolute atomic E-state index is 0.363. The second-order valence-electron chi connectivity index (χ2n) is 5.90. The molecule has 0 atom stereocenters. The lowest BCUT2D eigenvalue weighted by Crippen LogP contribution is -2.31. The average molecular weight is 239 g/mol. The molecule has 0 aromatic carbocycles. The first-order valence-electron chi connectivity index (χ1n) is 6.53. The number of hydrogen-bond acceptors (Lipinski definition) is 2. The van der Waals surface area contributed by atoms with E-state index in [0.717, 1.165) is 18.0 Å². The van der Waals surface area contributed by atoms with Gasteiger partial charge in [0.15, 0.2) is 0 Å². The first-order chi connectivity index (χ1) is 7.87. The molecule has 0 unspecified atom stereocenters. The number of carbonyl (C=O) groups excluding carboxylic acids is 1. The fourth-order valence-corrected chi connectivity index (χ4v) is 2.11. The molecule has 1 aliphatic rings. The maximum Gasteiger partial charge on any atom is 0.411 e. The zero-order chi connectivity index (χ0) is 12.9. The minimum Gasteiger partial charge on any atom is -0.444 e. The molecule has 0 heterocycles. The van der Waals surface area contributed by atoms with Crippen LogP contribution in [0.3, 0.4) is 0 Å². The molecule has 1 rings (SSSR count). The van der Waals surface area contributed by atoms with E-state index in [2.05, 4.69) is 11.4 Å². The number of carbonyl (C=O) groups is 1. The van der Waals surface area contributed by atoms with Crippen molar-refractivity contribution >= 4 is 6.09 Å². The summed E-state index contributed by atoms with van der Waals surface area (Å²) in [5.41, 5.74) is 0.460. The van der Waals surface area contributed by atoms with Gasteiger partial charge < -0.3 is 4.74 Å². The highest BCUT2D eigenvalue weighted by molar-refractivity contribution is 5.69. The van der Waals surface area contributed by atoms with Gasteiger partial charge in [0.05, 0.1) is 0 Å². The second-order valence-corrected chi connectivity index (χ2v) is 5.90. The Bertz CT molecular complexity index is 283. The molecule has 0 saturated heterocycles. The predicted molar refractivity (Wildman–Crippen MR) is 69.7 cm³/mol. The SMILES string of the molecule is C/C(=C/CC1CCCC1)NC(=O)OC(C)(C)C. The Morgan fingerprint density at radius 3 is 2.47 bits per heavy atom. The Morgan fingerprint density at radius 1 is 1.35 bits per heavy atom. The van der Waals surface area contributed by atoms with Crippen LogP contribution in [0.4, 0.5) is 4.79 Å². The van der Waals surface area contributed by atoms with Gasteiger partial charge in [0, 0.05) is 5.70 Å². The first kappa shape index (κ1) is 14.1. The van der Waals surface area contributed by atoms with Crippen LogP contribution >= 0.6 is 0 Å². The van der Waals surface area contributed by atoms with Crippen molar-refractivity contribution in [3.63, 3.8) is 0 Å². The third-order valence-corrected chi connectivity index (χ3v) is 2.93. The van der Waals surface area contributed by atoms with Crippen LogP contribution in [0.2, 0.25) is 0 Å². The highest BCUT2D eigenvalue weighted by Crippen LogP contribution is 2.27. The van der Waals surface area contributed by atoms with Crippen LogP contribution in [0.1, 0.15) is 59.8 Å². The molecule has 1 fully saturated rings. The van der Waals surface area contributed by atoms with E-state index in [1.54, 1.807) is 0 Å². The van der Waals surface area contributed by atoms with E-state index in [4.69, 9.17) is 4.74 Å². The number of amides is 1. The first-order valence-corrected chi connectivity index (χ1v) is 6.53. The van der Waals surface area contributed by atoms with E-state index in [9.17, 15) is 4.79 Å². The fraction of sp³-hybridized carbons (Fsp3) is 0.786. The Balaban J connectivity index is 2.29. The van der Waals surface area contributed by atoms with Crippen molar-refractivity contribution in [1.82, 2.24) is 5.32 Å². The normalized spacial score (nSPS) is 18.2. The molecule has 0 aromatic heterocycles. The lowest BCUT2D eigenvalue weighted by Gasteiger charge is -2.19. The Hall–Kier alpha value is -0.990. The molecule has 3 nitrogen and oxygen atoms in total. The van der Waals surface area contributed by atoms with Gasteiger partial charge in [-0.15, -0.1) is 0 Å². The zero-order valence-corrected chi connectivity index (χ0v) is 11.5. The minimum atomic E-state index is -0.435. The Morgan fingerprint density at radius 2 is 1.94 bits per heavy atom. The standard InChI is InChI=1S/C14H25NO2/c1-11(9-10-12-7-5-6-8-12)15-13(16)17-14(2,3)4/h9,12H,5-8,10H2,1-4H3,(H,15,16)/b11-9-. The van der Waals surface area contributed by atoms with Gasteiger partial charge in [0.1, 0.15) is 5.60 Å². The predicted octanol–water partition coefficient (Wildman–Crippen LogP) is 4.00. The van der Waals surface area contributed by atoms with Crippen LogP contribution < -0.4 is 5.32 Å². The van der Waals surface area contributed by atoms with Crippen molar-refractivity contribution in [2.75, 3.05) is 0 Å². The van der Waals surface area contributed by atoms with Crippen LogP contribution in [0, 0.1) is 5.92 Å². The van der Waals surface area contributed by atoms with Gasteiger partial charge in [0.25, 0.3) is 0 Å². The maximum absolute atomic E-state index is 11.5. The van der Waals surface area contributed by atoms with E-state index in [-0.39, 0.29) is 6.09 Å². The topological polar surface area (TPSA) is 38.3 Å². The number of ether oxygens (including phenoxy) is 1. The summed E-state index contributed by atoms with van der Waals surface area (Å²) in [5, 5.41) is 2.76. The van der Waals surface area contributed by atoms with Gasteiger partial charge in [0.2, 0.25) is 0 Å². The Labute approximate surface area is 105 Å². The highest BCUT2D eigenvalue weighted by atomic mass is 16.6. The van der Waals surface area contributed by atoms with Gasteiger partial charge in [-0.1, -0.05) is 31.8 Å². The number of alkyl carbamates (subject to hydrolysis) is 1. The van der Waals surface area contributed by atoms with Crippen molar-refractivity contribution in [3.8, 4) is 0 Å². The van der Waals surface area contributed by atoms with Crippen LogP contribution in [0.15, 0.2) is 11.8 Å². The van der Waals surface area contributed by atoms with Crippen molar-refractivity contribution in [2.45, 2.75) is 65.4 Å². The van der Waals surface area contributed by atoms with E-state index < -0.39 is 5.60 Å². The monoisotopic (exact) mass is 239 g/mol. The largest absolute Gasteiger partial charge is 0.444 e. The van der Waals surface area contributed by atoms with Crippen LogP contribution in [-0.4, -0.2) is 11.7 Å². The summed E-state index contributed by atoms with van der Waals surface area (Å²) in [7, 11) is 0. The summed E-state index contributed by atoms with van der Waals surface area (Å²) in [6, 6.07) is 0. The molecule has 0 radical (unpaired) electrons. The van der Waals surface area contributed by atoms with Crippen molar-refractivity contribution in [2.24, 2.45) is 5.92 Å². The van der Waals surface area contributed by atoms with Crippen LogP contribution in [0.5, 0.6) is 0 Å². The van der Waals surface area contributed by atoms with Gasteiger partial charge in [-0.05, 0) is 40.0 Å². The lowest BCUT2D eigenvalue weighted by atomic mass is 10.0. The quantitative estimate of drug-likeness (QED) is 0.808. The molecule has 0 aliphatic heterocycles. The van der Waals surface area contributed by atoms with Gasteiger partial charge >= 0.3 is 6.09 Å². The molecule has 0 aromatic rings. The zero-order valence-electron chi connectivity index (χ0n) is 11.5. The van der Waals surface area contributed by atoms with Gasteiger partial charge in [-0.25, -0.2) is 4.79 Å². The third-order valence-electron chi connectivity index (χ3n) is 2.93. The van der Waals surface area contributed by atoms with Crippen LogP contribution in [0.25, 0.3) is 0 Å². The second kappa shape index (κ2) is 6.08. The number of allylic oxidation sites excluding steroid dienone is 2. The molecule has 0 spiro atoms. The average Bonchev–Trinajstić information content (AvgIpc) is 2.63. The summed E-state index contributed by atoms with van der Waals surface area (Å²) >= 11 is 0. The third kappa shape index (κ3) is 6.35. The van der Waals surface area contributed by atoms with Crippen molar-refractivity contribution in [1.29, 1.82) is 0 Å². The van der Waals surface area contributed by atoms with Crippen molar-refractivity contribution in [3.05, 3.63) is 11.8 Å². The van der Waals surface area contributed by atoms with Gasteiger partial charge in [-0.2, -0.15) is 0 Å². The number of nitrogens with one attached hydrogen (secondary N) is 1. The molecule has 1 aliphatic carbocycles. The summed E-state index contributed by atoms with van der Waals surface area (Å²) in [4.78, 5) is 11.5. The molecule has 1 saturated carbocycles. The summed E-state index contributed by atoms with van der Waals surface area (Å²) in [6.07, 6.45) is 8.19. The fourth-order valence-electron chi connectivity index (χ4n) is 2.11. The molecule has 1 amide bonds. The summed E-state index contributed by atoms with van der Waals surface area (Å²) in [5.74, 6) is 0.811. The lowest BCUT2D eigenvalue weighted by molar-refractivity contribution is 0.0546. The maximum atomic E-state index is 11.5. The van der Waals surface area contributed by atoms with E-state index in [1.807, 2.05) is 27.7 Å². The molecule has 1 N–H and O–H groups in total. The molecule has 0 bridgehead atoms. The van der Waals surface area contributed by atoms with Crippen LogP contribution in [-0.2, 0) is 4.74 Å². The van der Waals surface area contributed by atoms with E-state index >= 15 is 0 Å². The smallest absolute Gasteiger partial charge is 0.411 e. The molecule has 3 heteroatoms. The molecular formula is C14H25NO2. The molecule has 17 heavy (non-hydrogen) atoms. The van der Waals surface area contributed by atoms with E-state index in [1.165, 1.54) is 25.7 Å². The number of hydrogen-bond donors (Lipinski definition) is 1. The highest BCUT2D eigenvalue weighted by Gasteiger charge is 2.16. The van der Waals surface area contributed by atoms with E-state index in [0.29, 0.717) is 0 Å². The summed E-state index contributed by atoms with van der Waals surface area (Å²) in [6.45, 7) is 7.51. The molecule has 98 valence electrons. The molecular weight excluding hydrogens is 214 g/mol. The van der Waals surface area contributed by atoms with Gasteiger partial charge in [-0.3, -0.25) is 5.32 Å². The Kier molecular flexibility index (Phi) is 5.03. The summed E-state index contributed by atoms with van der Waals surface area (Å²) < 4.78 is 5.19.